The van der Waals surface area contributed by atoms with Gasteiger partial charge >= 0.3 is 5.97 Å². The summed E-state index contributed by atoms with van der Waals surface area (Å²) in [6.07, 6.45) is 8.68. The van der Waals surface area contributed by atoms with E-state index in [4.69, 9.17) is 4.74 Å². The van der Waals surface area contributed by atoms with E-state index in [1.54, 1.807) is 0 Å². The maximum absolute atomic E-state index is 10.3. The van der Waals surface area contributed by atoms with Crippen molar-refractivity contribution in [2.45, 2.75) is 51.9 Å². The van der Waals surface area contributed by atoms with Crippen LogP contribution < -0.4 is 0 Å². The topological polar surface area (TPSA) is 26.3 Å². The van der Waals surface area contributed by atoms with E-state index in [1.807, 2.05) is 0 Å². The third kappa shape index (κ3) is 11.5. The van der Waals surface area contributed by atoms with Gasteiger partial charge in [0, 0.05) is 0 Å². The van der Waals surface area contributed by atoms with E-state index in [9.17, 15) is 4.79 Å². The van der Waals surface area contributed by atoms with Gasteiger partial charge in [-0.05, 0) is 6.42 Å². The summed E-state index contributed by atoms with van der Waals surface area (Å²) < 4.78 is 4.72. The van der Waals surface area contributed by atoms with Gasteiger partial charge in [0.15, 0.2) is 0 Å². The Bertz CT molecular complexity index is 121. The fraction of sp³-hybridized carbons (Fsp3) is 0.818. The lowest BCUT2D eigenvalue weighted by atomic mass is 10.1. The zero-order valence-corrected chi connectivity index (χ0v) is 8.68. The van der Waals surface area contributed by atoms with Crippen LogP contribution in [0, 0.1) is 6.92 Å². The minimum atomic E-state index is -0.411. The van der Waals surface area contributed by atoms with E-state index in [0.29, 0.717) is 6.61 Å². The number of esters is 1. The van der Waals surface area contributed by atoms with Gasteiger partial charge in [-0.25, -0.2) is 0 Å². The number of hydrogen-bond donors (Lipinski definition) is 0. The van der Waals surface area contributed by atoms with Crippen molar-refractivity contribution in [2.24, 2.45) is 0 Å². The van der Waals surface area contributed by atoms with Crippen molar-refractivity contribution in [3.63, 3.8) is 0 Å². The molecule has 0 unspecified atom stereocenters. The molecule has 0 aromatic carbocycles. The second kappa shape index (κ2) is 9.56. The van der Waals surface area contributed by atoms with Crippen molar-refractivity contribution in [3.8, 4) is 0 Å². The smallest absolute Gasteiger partial charge is 0.306 e. The average molecular weight is 185 g/mol. The molecule has 2 heteroatoms. The normalized spacial score (nSPS) is 10.0. The maximum Gasteiger partial charge on any atom is 0.306 e. The molecule has 13 heavy (non-hydrogen) atoms. The molecule has 0 aromatic rings. The van der Waals surface area contributed by atoms with Gasteiger partial charge in [-0.1, -0.05) is 45.4 Å². The van der Waals surface area contributed by atoms with Crippen LogP contribution >= 0.6 is 0 Å². The highest BCUT2D eigenvalue weighted by atomic mass is 16.5. The van der Waals surface area contributed by atoms with Crippen LogP contribution in [-0.4, -0.2) is 12.6 Å². The lowest BCUT2D eigenvalue weighted by molar-refractivity contribution is -0.138. The summed E-state index contributed by atoms with van der Waals surface area (Å²) in [5, 5.41) is 0. The lowest BCUT2D eigenvalue weighted by Crippen LogP contribution is -2.00. The first-order valence-corrected chi connectivity index (χ1v) is 5.26. The molecule has 0 heterocycles. The summed E-state index contributed by atoms with van der Waals surface area (Å²) in [7, 11) is 0. The van der Waals surface area contributed by atoms with Crippen molar-refractivity contribution in [1.82, 2.24) is 0 Å². The van der Waals surface area contributed by atoms with Gasteiger partial charge in [-0.15, -0.1) is 0 Å². The van der Waals surface area contributed by atoms with Gasteiger partial charge in [0.2, 0.25) is 0 Å². The molecule has 0 N–H and O–H groups in total. The van der Waals surface area contributed by atoms with Crippen molar-refractivity contribution >= 4 is 5.97 Å². The highest BCUT2D eigenvalue weighted by Crippen LogP contribution is 2.06. The maximum atomic E-state index is 10.3. The quantitative estimate of drug-likeness (QED) is 0.429. The Labute approximate surface area is 81.7 Å². The molecule has 0 saturated heterocycles. The standard InChI is InChI=1S/C11H21O2/c1-3-4-5-6-7-8-9-10-13-11(2)12/h2-10H2,1H3. The third-order valence-corrected chi connectivity index (χ3v) is 2.01. The van der Waals surface area contributed by atoms with E-state index >= 15 is 0 Å². The molecular formula is C11H21O2. The zero-order valence-electron chi connectivity index (χ0n) is 8.68. The number of carbonyl (C=O) groups is 1. The molecule has 0 aliphatic carbocycles. The number of rotatable bonds is 8. The minimum Gasteiger partial charge on any atom is -0.466 e. The molecule has 0 amide bonds. The summed E-state index contributed by atoms with van der Waals surface area (Å²) in [5.74, 6) is -0.411. The summed E-state index contributed by atoms with van der Waals surface area (Å²) in [6.45, 7) is 5.89. The van der Waals surface area contributed by atoms with Crippen LogP contribution in [0.3, 0.4) is 0 Å². The van der Waals surface area contributed by atoms with Gasteiger partial charge in [-0.2, -0.15) is 0 Å². The van der Waals surface area contributed by atoms with Crippen LogP contribution in [0.15, 0.2) is 0 Å². The van der Waals surface area contributed by atoms with Crippen LogP contribution in [0.4, 0.5) is 0 Å². The number of unbranched alkanes of at least 4 members (excludes halogenated alkanes) is 6. The van der Waals surface area contributed by atoms with Crippen molar-refractivity contribution < 1.29 is 9.53 Å². The Balaban J connectivity index is 2.87. The van der Waals surface area contributed by atoms with Crippen LogP contribution in [0.5, 0.6) is 0 Å². The van der Waals surface area contributed by atoms with Gasteiger partial charge in [0.05, 0.1) is 13.5 Å². The molecule has 0 aliphatic heterocycles. The monoisotopic (exact) mass is 185 g/mol. The minimum absolute atomic E-state index is 0.411. The van der Waals surface area contributed by atoms with E-state index in [0.717, 1.165) is 12.8 Å². The average Bonchev–Trinajstić information content (AvgIpc) is 2.09. The van der Waals surface area contributed by atoms with Gasteiger partial charge in [-0.3, -0.25) is 4.79 Å². The highest BCUT2D eigenvalue weighted by molar-refractivity contribution is 5.73. The SMILES string of the molecule is [CH2]C(=O)OCCCCCCCCC. The molecule has 0 atom stereocenters. The predicted octanol–water partition coefficient (Wildman–Crippen LogP) is 3.11. The second-order valence-corrected chi connectivity index (χ2v) is 3.34. The first kappa shape index (κ1) is 12.5. The molecule has 0 bridgehead atoms. The first-order valence-electron chi connectivity index (χ1n) is 5.26. The Morgan fingerprint density at radius 2 is 1.62 bits per heavy atom. The van der Waals surface area contributed by atoms with Crippen molar-refractivity contribution in [3.05, 3.63) is 6.92 Å². The highest BCUT2D eigenvalue weighted by Gasteiger charge is 1.93. The third-order valence-electron chi connectivity index (χ3n) is 2.01. The van der Waals surface area contributed by atoms with Crippen LogP contribution in [0.25, 0.3) is 0 Å². The van der Waals surface area contributed by atoms with Crippen LogP contribution in [0.1, 0.15) is 51.9 Å². The molecule has 77 valence electrons. The molecule has 2 nitrogen and oxygen atoms in total. The molecule has 0 aliphatic rings. The van der Waals surface area contributed by atoms with E-state index in [-0.39, 0.29) is 0 Å². The Hall–Kier alpha value is -0.530. The lowest BCUT2D eigenvalue weighted by Gasteiger charge is -2.01. The summed E-state index contributed by atoms with van der Waals surface area (Å²) >= 11 is 0. The summed E-state index contributed by atoms with van der Waals surface area (Å²) in [6, 6.07) is 0. The number of carbonyl (C=O) groups excluding carboxylic acids is 1. The predicted molar refractivity (Wildman–Crippen MR) is 54.3 cm³/mol. The van der Waals surface area contributed by atoms with Crippen molar-refractivity contribution in [1.29, 1.82) is 0 Å². The molecule has 0 rings (SSSR count). The fourth-order valence-corrected chi connectivity index (χ4v) is 1.25. The molecule has 1 radical (unpaired) electrons. The summed E-state index contributed by atoms with van der Waals surface area (Å²) in [4.78, 5) is 10.3. The van der Waals surface area contributed by atoms with Crippen LogP contribution in [-0.2, 0) is 9.53 Å². The molecular weight excluding hydrogens is 164 g/mol. The largest absolute Gasteiger partial charge is 0.466 e. The van der Waals surface area contributed by atoms with Gasteiger partial charge in [0.1, 0.15) is 0 Å². The molecule has 0 aromatic heterocycles. The second-order valence-electron chi connectivity index (χ2n) is 3.34. The van der Waals surface area contributed by atoms with Gasteiger partial charge < -0.3 is 4.74 Å². The van der Waals surface area contributed by atoms with E-state index in [2.05, 4.69) is 13.8 Å². The summed E-state index contributed by atoms with van der Waals surface area (Å²) in [5.41, 5.74) is 0. The van der Waals surface area contributed by atoms with Crippen LogP contribution in [0.2, 0.25) is 0 Å². The Morgan fingerprint density at radius 1 is 1.08 bits per heavy atom. The molecule has 0 saturated carbocycles. The zero-order chi connectivity index (χ0) is 9.94. The van der Waals surface area contributed by atoms with Crippen molar-refractivity contribution in [2.75, 3.05) is 6.61 Å². The fourth-order valence-electron chi connectivity index (χ4n) is 1.25. The Morgan fingerprint density at radius 3 is 2.15 bits per heavy atom. The van der Waals surface area contributed by atoms with E-state index < -0.39 is 5.97 Å². The number of ether oxygens (including phenoxy) is 1. The van der Waals surface area contributed by atoms with E-state index in [1.165, 1.54) is 32.1 Å². The van der Waals surface area contributed by atoms with Gasteiger partial charge in [0.25, 0.3) is 0 Å². The first-order chi connectivity index (χ1) is 6.27. The molecule has 0 fully saturated rings. The molecule has 0 spiro atoms. The Kier molecular flexibility index (Phi) is 9.17. The number of hydrogen-bond acceptors (Lipinski definition) is 2.